The Morgan fingerprint density at radius 1 is 1.25 bits per heavy atom. The Kier molecular flexibility index (Phi) is 4.22. The fraction of sp³-hybridized carbons (Fsp3) is 0.312. The molecule has 0 spiro atoms. The summed E-state index contributed by atoms with van der Waals surface area (Å²) >= 11 is 0. The van der Waals surface area contributed by atoms with E-state index < -0.39 is 30.6 Å². The second-order valence-corrected chi connectivity index (χ2v) is 5.60. The number of para-hydroxylation sites is 1. The van der Waals surface area contributed by atoms with Gasteiger partial charge < -0.3 is 20.4 Å². The Morgan fingerprint density at radius 2 is 2.00 bits per heavy atom. The standard InChI is InChI=1S/C16H17N3O5/c20-9-14(21)19-8-11(10-4-1-2-5-12(10)19)17-16(24)18-7-3-6-13(18)15(22)23/h1-2,4-5,8,13,20H,3,6-7,9H2,(H,17,24)(H,22,23)/t13-/m0/s1. The number of benzene rings is 1. The van der Waals surface area contributed by atoms with Gasteiger partial charge in [0, 0.05) is 18.1 Å². The SMILES string of the molecule is O=C(O)[C@@H]1CCCN1C(=O)Nc1cn(C(=O)CO)c2ccccc12. The number of carboxylic acid groups (broad SMARTS) is 1. The van der Waals surface area contributed by atoms with Crippen LogP contribution < -0.4 is 5.32 Å². The summed E-state index contributed by atoms with van der Waals surface area (Å²) in [5.74, 6) is -1.54. The molecule has 0 bridgehead atoms. The molecule has 3 rings (SSSR count). The van der Waals surface area contributed by atoms with Gasteiger partial charge in [-0.3, -0.25) is 9.36 Å². The first-order valence-electron chi connectivity index (χ1n) is 7.57. The third kappa shape index (κ3) is 2.71. The summed E-state index contributed by atoms with van der Waals surface area (Å²) < 4.78 is 1.27. The van der Waals surface area contributed by atoms with Crippen LogP contribution in [0.3, 0.4) is 0 Å². The predicted molar refractivity (Wildman–Crippen MR) is 86.0 cm³/mol. The first-order valence-corrected chi connectivity index (χ1v) is 7.57. The maximum atomic E-state index is 12.4. The molecule has 1 fully saturated rings. The number of carbonyl (C=O) groups is 3. The molecule has 1 aromatic carbocycles. The zero-order valence-electron chi connectivity index (χ0n) is 12.8. The van der Waals surface area contributed by atoms with Crippen LogP contribution in [0.15, 0.2) is 30.5 Å². The van der Waals surface area contributed by atoms with Crippen molar-refractivity contribution in [2.24, 2.45) is 0 Å². The van der Waals surface area contributed by atoms with Crippen LogP contribution in [0.25, 0.3) is 10.9 Å². The molecule has 0 aliphatic carbocycles. The minimum absolute atomic E-state index is 0.372. The lowest BCUT2D eigenvalue weighted by Crippen LogP contribution is -2.42. The number of aliphatic hydroxyl groups is 1. The third-order valence-corrected chi connectivity index (χ3v) is 4.16. The van der Waals surface area contributed by atoms with Crippen molar-refractivity contribution in [1.29, 1.82) is 0 Å². The third-order valence-electron chi connectivity index (χ3n) is 4.16. The number of hydrogen-bond acceptors (Lipinski definition) is 4. The molecule has 2 aromatic rings. The van der Waals surface area contributed by atoms with E-state index in [2.05, 4.69) is 5.32 Å². The summed E-state index contributed by atoms with van der Waals surface area (Å²) in [4.78, 5) is 36.8. The Bertz CT molecular complexity index is 813. The highest BCUT2D eigenvalue weighted by Crippen LogP contribution is 2.27. The molecular formula is C16H17N3O5. The number of carbonyl (C=O) groups excluding carboxylic acids is 2. The van der Waals surface area contributed by atoms with Crippen LogP contribution in [-0.2, 0) is 4.79 Å². The summed E-state index contributed by atoms with van der Waals surface area (Å²) in [6.45, 7) is -0.281. The molecule has 1 atom stereocenters. The molecule has 126 valence electrons. The molecule has 1 aliphatic heterocycles. The van der Waals surface area contributed by atoms with Gasteiger partial charge in [-0.15, -0.1) is 0 Å². The van der Waals surface area contributed by atoms with Crippen LogP contribution in [0, 0.1) is 0 Å². The Hall–Kier alpha value is -2.87. The summed E-state index contributed by atoms with van der Waals surface area (Å²) in [5, 5.41) is 21.6. The first-order chi connectivity index (χ1) is 11.5. The Morgan fingerprint density at radius 3 is 2.71 bits per heavy atom. The molecule has 8 nitrogen and oxygen atoms in total. The number of nitrogens with zero attached hydrogens (tertiary/aromatic N) is 2. The average molecular weight is 331 g/mol. The van der Waals surface area contributed by atoms with Gasteiger partial charge in [0.15, 0.2) is 0 Å². The number of aliphatic carboxylic acids is 1. The van der Waals surface area contributed by atoms with Crippen LogP contribution in [0.4, 0.5) is 10.5 Å². The van der Waals surface area contributed by atoms with E-state index in [-0.39, 0.29) is 0 Å². The topological polar surface area (TPSA) is 112 Å². The molecule has 1 aliphatic rings. The van der Waals surface area contributed by atoms with E-state index in [1.165, 1.54) is 15.7 Å². The summed E-state index contributed by atoms with van der Waals surface area (Å²) in [5.41, 5.74) is 0.955. The smallest absolute Gasteiger partial charge is 0.326 e. The quantitative estimate of drug-likeness (QED) is 0.786. The van der Waals surface area contributed by atoms with E-state index in [0.29, 0.717) is 36.0 Å². The highest BCUT2D eigenvalue weighted by molar-refractivity contribution is 6.05. The number of aromatic nitrogens is 1. The zero-order chi connectivity index (χ0) is 17.3. The van der Waals surface area contributed by atoms with Gasteiger partial charge in [0.25, 0.3) is 5.91 Å². The van der Waals surface area contributed by atoms with E-state index in [0.717, 1.165) is 0 Å². The Balaban J connectivity index is 1.91. The van der Waals surface area contributed by atoms with E-state index in [1.54, 1.807) is 24.3 Å². The van der Waals surface area contributed by atoms with E-state index >= 15 is 0 Å². The first kappa shape index (κ1) is 16.0. The lowest BCUT2D eigenvalue weighted by Gasteiger charge is -2.21. The van der Waals surface area contributed by atoms with Gasteiger partial charge in [0.1, 0.15) is 12.6 Å². The number of hydrogen-bond donors (Lipinski definition) is 3. The second kappa shape index (κ2) is 6.32. The second-order valence-electron chi connectivity index (χ2n) is 5.60. The molecule has 1 aromatic heterocycles. The lowest BCUT2D eigenvalue weighted by molar-refractivity contribution is -0.141. The zero-order valence-corrected chi connectivity index (χ0v) is 12.8. The van der Waals surface area contributed by atoms with Crippen LogP contribution in [0.5, 0.6) is 0 Å². The molecule has 8 heteroatoms. The minimum atomic E-state index is -1.03. The van der Waals surface area contributed by atoms with Crippen molar-refractivity contribution in [3.8, 4) is 0 Å². The maximum Gasteiger partial charge on any atom is 0.326 e. The number of likely N-dealkylation sites (tertiary alicyclic amines) is 1. The van der Waals surface area contributed by atoms with Gasteiger partial charge in [0.05, 0.1) is 11.2 Å². The molecule has 3 N–H and O–H groups in total. The molecule has 0 saturated carbocycles. The maximum absolute atomic E-state index is 12.4. The summed E-state index contributed by atoms with van der Waals surface area (Å²) in [7, 11) is 0. The van der Waals surface area contributed by atoms with E-state index in [1.807, 2.05) is 0 Å². The largest absolute Gasteiger partial charge is 0.480 e. The van der Waals surface area contributed by atoms with Crippen molar-refractivity contribution in [3.63, 3.8) is 0 Å². The molecule has 2 heterocycles. The number of rotatable bonds is 3. The summed E-state index contributed by atoms with van der Waals surface area (Å²) in [6, 6.07) is 5.60. The predicted octanol–water partition coefficient (Wildman–Crippen LogP) is 1.35. The van der Waals surface area contributed by atoms with Crippen molar-refractivity contribution < 1.29 is 24.6 Å². The van der Waals surface area contributed by atoms with Gasteiger partial charge in [-0.1, -0.05) is 18.2 Å². The highest BCUT2D eigenvalue weighted by atomic mass is 16.4. The monoisotopic (exact) mass is 331 g/mol. The fourth-order valence-electron chi connectivity index (χ4n) is 3.02. The lowest BCUT2D eigenvalue weighted by atomic mass is 10.2. The van der Waals surface area contributed by atoms with Crippen LogP contribution in [0.1, 0.15) is 17.6 Å². The molecule has 0 unspecified atom stereocenters. The van der Waals surface area contributed by atoms with Crippen molar-refractivity contribution in [2.75, 3.05) is 18.5 Å². The van der Waals surface area contributed by atoms with Gasteiger partial charge >= 0.3 is 12.0 Å². The number of fused-ring (bicyclic) bond motifs is 1. The molecule has 1 saturated heterocycles. The Labute approximate surface area is 137 Å². The van der Waals surface area contributed by atoms with Crippen LogP contribution in [-0.4, -0.2) is 56.8 Å². The molecule has 24 heavy (non-hydrogen) atoms. The molecule has 0 radical (unpaired) electrons. The van der Waals surface area contributed by atoms with Crippen molar-refractivity contribution in [1.82, 2.24) is 9.47 Å². The number of aliphatic hydroxyl groups excluding tert-OH is 1. The van der Waals surface area contributed by atoms with Gasteiger partial charge in [-0.25, -0.2) is 9.59 Å². The van der Waals surface area contributed by atoms with Gasteiger partial charge in [-0.2, -0.15) is 0 Å². The molecular weight excluding hydrogens is 314 g/mol. The van der Waals surface area contributed by atoms with E-state index in [9.17, 15) is 19.5 Å². The normalized spacial score (nSPS) is 17.2. The number of carboxylic acids is 1. The molecule has 2 amide bonds. The van der Waals surface area contributed by atoms with Crippen LogP contribution >= 0.6 is 0 Å². The van der Waals surface area contributed by atoms with E-state index in [4.69, 9.17) is 5.11 Å². The van der Waals surface area contributed by atoms with Gasteiger partial charge in [-0.05, 0) is 18.9 Å². The summed E-state index contributed by atoms with van der Waals surface area (Å²) in [6.07, 6.45) is 2.50. The van der Waals surface area contributed by atoms with Crippen molar-refractivity contribution >= 4 is 34.5 Å². The number of anilines is 1. The minimum Gasteiger partial charge on any atom is -0.480 e. The number of urea groups is 1. The highest BCUT2D eigenvalue weighted by Gasteiger charge is 2.34. The van der Waals surface area contributed by atoms with Crippen LogP contribution in [0.2, 0.25) is 0 Å². The fourth-order valence-corrected chi connectivity index (χ4v) is 3.02. The van der Waals surface area contributed by atoms with Crippen molar-refractivity contribution in [2.45, 2.75) is 18.9 Å². The van der Waals surface area contributed by atoms with Crippen molar-refractivity contribution in [3.05, 3.63) is 30.5 Å². The number of nitrogens with one attached hydrogen (secondary N) is 1. The average Bonchev–Trinajstić information content (AvgIpc) is 3.20. The number of amides is 2. The van der Waals surface area contributed by atoms with Gasteiger partial charge in [0.2, 0.25) is 0 Å².